The van der Waals surface area contributed by atoms with Gasteiger partial charge < -0.3 is 20.1 Å². The first kappa shape index (κ1) is 23.9. The van der Waals surface area contributed by atoms with Crippen molar-refractivity contribution < 1.29 is 22.6 Å². The number of nitrogens with one attached hydrogen (secondary N) is 2. The summed E-state index contributed by atoms with van der Waals surface area (Å²) in [6, 6.07) is 5.20. The summed E-state index contributed by atoms with van der Waals surface area (Å²) in [6.45, 7) is 2.23. The quantitative estimate of drug-likeness (QED) is 0.351. The Morgan fingerprint density at radius 3 is 2.57 bits per heavy atom. The third kappa shape index (κ3) is 6.17. The highest BCUT2D eigenvalue weighted by molar-refractivity contribution is 14.0. The third-order valence-electron chi connectivity index (χ3n) is 3.57. The molecule has 2 rings (SSSR count). The van der Waals surface area contributed by atoms with Gasteiger partial charge in [0.05, 0.1) is 13.7 Å². The van der Waals surface area contributed by atoms with Crippen molar-refractivity contribution in [3.63, 3.8) is 0 Å². The Morgan fingerprint density at radius 2 is 2.00 bits per heavy atom. The van der Waals surface area contributed by atoms with Gasteiger partial charge in [-0.3, -0.25) is 9.67 Å². The summed E-state index contributed by atoms with van der Waals surface area (Å²) >= 11 is 0. The first-order valence-electron chi connectivity index (χ1n) is 8.16. The minimum absolute atomic E-state index is 0. The van der Waals surface area contributed by atoms with Crippen molar-refractivity contribution in [1.29, 1.82) is 0 Å². The molecule has 0 unspecified atom stereocenters. The zero-order valence-electron chi connectivity index (χ0n) is 15.9. The monoisotopic (exact) mass is 513 g/mol. The molecule has 0 atom stereocenters. The number of hydrogen-bond acceptors (Lipinski definition) is 4. The van der Waals surface area contributed by atoms with Crippen LogP contribution in [0.1, 0.15) is 18.2 Å². The van der Waals surface area contributed by atoms with Gasteiger partial charge in [0.1, 0.15) is 0 Å². The molecule has 0 saturated heterocycles. The van der Waals surface area contributed by atoms with Crippen molar-refractivity contribution in [3.8, 4) is 11.5 Å². The molecule has 2 aromatic rings. The smallest absolute Gasteiger partial charge is 0.435 e. The number of halogens is 4. The molecule has 28 heavy (non-hydrogen) atoms. The summed E-state index contributed by atoms with van der Waals surface area (Å²) in [6.07, 6.45) is -3.19. The number of rotatable bonds is 6. The van der Waals surface area contributed by atoms with E-state index in [0.29, 0.717) is 29.8 Å². The Kier molecular flexibility index (Phi) is 8.85. The SMILES string of the molecule is CCOc1cc(NC(=NC)NCc2cn(C)nc2C(F)(F)F)ccc1OC.I. The number of benzene rings is 1. The van der Waals surface area contributed by atoms with E-state index in [0.717, 1.165) is 4.68 Å². The number of methoxy groups -OCH3 is 1. The van der Waals surface area contributed by atoms with Crippen LogP contribution in [0.25, 0.3) is 0 Å². The number of aliphatic imine (C=N–C) groups is 1. The summed E-state index contributed by atoms with van der Waals surface area (Å²) in [5, 5.41) is 9.34. The van der Waals surface area contributed by atoms with Gasteiger partial charge in [-0.25, -0.2) is 0 Å². The van der Waals surface area contributed by atoms with Crippen molar-refractivity contribution in [2.24, 2.45) is 12.0 Å². The van der Waals surface area contributed by atoms with Gasteiger partial charge in [-0.2, -0.15) is 18.3 Å². The lowest BCUT2D eigenvalue weighted by Gasteiger charge is -2.15. The zero-order valence-corrected chi connectivity index (χ0v) is 18.3. The molecule has 0 amide bonds. The van der Waals surface area contributed by atoms with Crippen molar-refractivity contribution in [1.82, 2.24) is 15.1 Å². The van der Waals surface area contributed by atoms with E-state index in [1.54, 1.807) is 18.2 Å². The molecule has 0 radical (unpaired) electrons. The van der Waals surface area contributed by atoms with Crippen LogP contribution in [0, 0.1) is 0 Å². The Morgan fingerprint density at radius 1 is 1.29 bits per heavy atom. The molecule has 1 heterocycles. The summed E-state index contributed by atoms with van der Waals surface area (Å²) in [5.41, 5.74) is -0.247. The lowest BCUT2D eigenvalue weighted by Crippen LogP contribution is -2.30. The van der Waals surface area contributed by atoms with Crippen LogP contribution in [0.5, 0.6) is 11.5 Å². The van der Waals surface area contributed by atoms with E-state index in [9.17, 15) is 13.2 Å². The second kappa shape index (κ2) is 10.4. The molecule has 1 aromatic carbocycles. The van der Waals surface area contributed by atoms with E-state index in [1.165, 1.54) is 27.4 Å². The highest BCUT2D eigenvalue weighted by Gasteiger charge is 2.36. The Balaban J connectivity index is 0.00000392. The predicted octanol–water partition coefficient (Wildman–Crippen LogP) is 3.65. The van der Waals surface area contributed by atoms with Gasteiger partial charge in [-0.1, -0.05) is 0 Å². The highest BCUT2D eigenvalue weighted by Crippen LogP contribution is 2.31. The van der Waals surface area contributed by atoms with Gasteiger partial charge in [0.2, 0.25) is 0 Å². The average molecular weight is 513 g/mol. The molecule has 2 N–H and O–H groups in total. The van der Waals surface area contributed by atoms with Crippen LogP contribution in [-0.2, 0) is 19.8 Å². The number of ether oxygens (including phenoxy) is 2. The van der Waals surface area contributed by atoms with Crippen LogP contribution in [-0.4, -0.2) is 36.5 Å². The van der Waals surface area contributed by atoms with Crippen LogP contribution < -0.4 is 20.1 Å². The molecule has 0 bridgehead atoms. The second-order valence-corrected chi connectivity index (χ2v) is 5.52. The highest BCUT2D eigenvalue weighted by atomic mass is 127. The molecule has 0 aliphatic heterocycles. The normalized spacial score (nSPS) is 11.6. The van der Waals surface area contributed by atoms with Crippen LogP contribution in [0.3, 0.4) is 0 Å². The molecule has 0 saturated carbocycles. The molecule has 0 aliphatic rings. The fourth-order valence-electron chi connectivity index (χ4n) is 2.42. The van der Waals surface area contributed by atoms with Crippen molar-refractivity contribution in [2.75, 3.05) is 26.1 Å². The van der Waals surface area contributed by atoms with E-state index >= 15 is 0 Å². The molecule has 1 aromatic heterocycles. The molecule has 0 fully saturated rings. The maximum absolute atomic E-state index is 13.0. The number of hydrogen-bond donors (Lipinski definition) is 2. The van der Waals surface area contributed by atoms with Crippen LogP contribution in [0.15, 0.2) is 29.4 Å². The first-order valence-corrected chi connectivity index (χ1v) is 8.16. The average Bonchev–Trinajstić information content (AvgIpc) is 3.00. The summed E-state index contributed by atoms with van der Waals surface area (Å²) < 4.78 is 50.9. The molecule has 0 spiro atoms. The fourth-order valence-corrected chi connectivity index (χ4v) is 2.42. The van der Waals surface area contributed by atoms with Crippen molar-refractivity contribution in [2.45, 2.75) is 19.6 Å². The number of alkyl halides is 3. The van der Waals surface area contributed by atoms with Crippen molar-refractivity contribution in [3.05, 3.63) is 35.7 Å². The predicted molar refractivity (Wildman–Crippen MR) is 112 cm³/mol. The lowest BCUT2D eigenvalue weighted by molar-refractivity contribution is -0.142. The van der Waals surface area contributed by atoms with Crippen LogP contribution in [0.4, 0.5) is 18.9 Å². The van der Waals surface area contributed by atoms with Gasteiger partial charge in [0, 0.05) is 44.2 Å². The number of aryl methyl sites for hydroxylation is 1. The number of guanidine groups is 1. The van der Waals surface area contributed by atoms with E-state index < -0.39 is 11.9 Å². The zero-order chi connectivity index (χ0) is 20.0. The minimum Gasteiger partial charge on any atom is -0.493 e. The van der Waals surface area contributed by atoms with Gasteiger partial charge in [0.25, 0.3) is 0 Å². The first-order chi connectivity index (χ1) is 12.8. The standard InChI is InChI=1S/C17H22F3N5O2.HI/c1-5-27-14-8-12(6-7-13(14)26-4)23-16(21-2)22-9-11-10-25(3)24-15(11)17(18,19)20;/h6-8,10H,5,9H2,1-4H3,(H2,21,22,23);1H. The summed E-state index contributed by atoms with van der Waals surface area (Å²) in [5.74, 6) is 1.43. The fraction of sp³-hybridized carbons (Fsp3) is 0.412. The van der Waals surface area contributed by atoms with Crippen LogP contribution in [0.2, 0.25) is 0 Å². The van der Waals surface area contributed by atoms with Gasteiger partial charge >= 0.3 is 6.18 Å². The maximum Gasteiger partial charge on any atom is 0.435 e. The molecule has 0 aliphatic carbocycles. The molecule has 156 valence electrons. The topological polar surface area (TPSA) is 72.7 Å². The van der Waals surface area contributed by atoms with Crippen LogP contribution >= 0.6 is 24.0 Å². The number of aromatic nitrogens is 2. The van der Waals surface area contributed by atoms with E-state index in [4.69, 9.17) is 9.47 Å². The molecular weight excluding hydrogens is 490 g/mol. The number of anilines is 1. The number of nitrogens with zero attached hydrogens (tertiary/aromatic N) is 3. The molecule has 7 nitrogen and oxygen atoms in total. The van der Waals surface area contributed by atoms with Gasteiger partial charge in [-0.15, -0.1) is 24.0 Å². The van der Waals surface area contributed by atoms with Gasteiger partial charge in [0.15, 0.2) is 23.2 Å². The van der Waals surface area contributed by atoms with E-state index in [2.05, 4.69) is 20.7 Å². The maximum atomic E-state index is 13.0. The van der Waals surface area contributed by atoms with Crippen molar-refractivity contribution >= 4 is 35.6 Å². The molecule has 11 heteroatoms. The third-order valence-corrected chi connectivity index (χ3v) is 3.57. The second-order valence-electron chi connectivity index (χ2n) is 5.52. The van der Waals surface area contributed by atoms with E-state index in [1.807, 2.05) is 6.92 Å². The summed E-state index contributed by atoms with van der Waals surface area (Å²) in [4.78, 5) is 4.03. The largest absolute Gasteiger partial charge is 0.493 e. The Labute approximate surface area is 178 Å². The summed E-state index contributed by atoms with van der Waals surface area (Å²) in [7, 11) is 4.51. The lowest BCUT2D eigenvalue weighted by atomic mass is 10.2. The Hall–Kier alpha value is -2.18. The minimum atomic E-state index is -4.52. The van der Waals surface area contributed by atoms with E-state index in [-0.39, 0.29) is 36.1 Å². The van der Waals surface area contributed by atoms with Gasteiger partial charge in [-0.05, 0) is 19.1 Å². The molecular formula is C17H23F3IN5O2. The Bertz CT molecular complexity index is 809.